The Labute approximate surface area is 106 Å². The lowest BCUT2D eigenvalue weighted by Gasteiger charge is -2.10. The molecule has 0 fully saturated rings. The van der Waals surface area contributed by atoms with Crippen LogP contribution in [0.5, 0.6) is 0 Å². The van der Waals surface area contributed by atoms with Gasteiger partial charge in [-0.25, -0.2) is 0 Å². The third kappa shape index (κ3) is 3.49. The van der Waals surface area contributed by atoms with Crippen molar-refractivity contribution in [2.45, 2.75) is 32.4 Å². The fraction of sp³-hybridized carbons (Fsp3) is 0.462. The summed E-state index contributed by atoms with van der Waals surface area (Å²) in [6.07, 6.45) is 3.54. The Hall–Kier alpha value is -0.970. The minimum atomic E-state index is -0.238. The highest BCUT2D eigenvalue weighted by Crippen LogP contribution is 2.19. The van der Waals surface area contributed by atoms with Crippen LogP contribution in [-0.2, 0) is 6.54 Å². The van der Waals surface area contributed by atoms with Gasteiger partial charge in [0.2, 0.25) is 0 Å². The Morgan fingerprint density at radius 3 is 3.24 bits per heavy atom. The standard InChI is InChI=1S/C13H18N2OS/c1-2-3-11(16)9-14-7-10-6-13-12(15-8-10)4-5-17-13/h4-6,8,11,14,16H,2-3,7,9H2,1H3. The van der Waals surface area contributed by atoms with Crippen molar-refractivity contribution in [2.24, 2.45) is 0 Å². The van der Waals surface area contributed by atoms with Gasteiger partial charge in [-0.05, 0) is 29.5 Å². The molecular weight excluding hydrogens is 232 g/mol. The van der Waals surface area contributed by atoms with Crippen molar-refractivity contribution in [1.29, 1.82) is 0 Å². The molecule has 3 nitrogen and oxygen atoms in total. The van der Waals surface area contributed by atoms with Crippen LogP contribution in [0.4, 0.5) is 0 Å². The smallest absolute Gasteiger partial charge is 0.0809 e. The van der Waals surface area contributed by atoms with Crippen LogP contribution in [0.2, 0.25) is 0 Å². The van der Waals surface area contributed by atoms with Crippen LogP contribution in [0.3, 0.4) is 0 Å². The van der Waals surface area contributed by atoms with Gasteiger partial charge in [-0.15, -0.1) is 11.3 Å². The molecule has 2 heterocycles. The van der Waals surface area contributed by atoms with Crippen molar-refractivity contribution in [1.82, 2.24) is 10.3 Å². The van der Waals surface area contributed by atoms with Gasteiger partial charge in [0.25, 0.3) is 0 Å². The summed E-state index contributed by atoms with van der Waals surface area (Å²) in [5, 5.41) is 14.9. The van der Waals surface area contributed by atoms with E-state index < -0.39 is 0 Å². The molecule has 4 heteroatoms. The van der Waals surface area contributed by atoms with Crippen molar-refractivity contribution >= 4 is 21.6 Å². The second kappa shape index (κ2) is 6.10. The van der Waals surface area contributed by atoms with Gasteiger partial charge in [-0.3, -0.25) is 4.98 Å². The summed E-state index contributed by atoms with van der Waals surface area (Å²) in [7, 11) is 0. The van der Waals surface area contributed by atoms with Gasteiger partial charge >= 0.3 is 0 Å². The van der Waals surface area contributed by atoms with Gasteiger partial charge in [0.05, 0.1) is 16.3 Å². The molecule has 0 saturated carbocycles. The van der Waals surface area contributed by atoms with Crippen molar-refractivity contribution in [2.75, 3.05) is 6.54 Å². The number of aromatic nitrogens is 1. The van der Waals surface area contributed by atoms with Gasteiger partial charge in [0.15, 0.2) is 0 Å². The van der Waals surface area contributed by atoms with Gasteiger partial charge < -0.3 is 10.4 Å². The largest absolute Gasteiger partial charge is 0.392 e. The van der Waals surface area contributed by atoms with Crippen LogP contribution in [0.25, 0.3) is 10.2 Å². The summed E-state index contributed by atoms with van der Waals surface area (Å²) < 4.78 is 1.22. The Morgan fingerprint density at radius 2 is 2.41 bits per heavy atom. The number of hydrogen-bond acceptors (Lipinski definition) is 4. The molecule has 0 aliphatic heterocycles. The summed E-state index contributed by atoms with van der Waals surface area (Å²) in [5.74, 6) is 0. The van der Waals surface area contributed by atoms with Gasteiger partial charge in [-0.2, -0.15) is 0 Å². The van der Waals surface area contributed by atoms with E-state index in [2.05, 4.69) is 28.7 Å². The lowest BCUT2D eigenvalue weighted by molar-refractivity contribution is 0.160. The van der Waals surface area contributed by atoms with E-state index in [1.807, 2.05) is 12.3 Å². The van der Waals surface area contributed by atoms with Crippen LogP contribution in [0, 0.1) is 0 Å². The topological polar surface area (TPSA) is 45.1 Å². The molecule has 0 amide bonds. The third-order valence-electron chi connectivity index (χ3n) is 2.69. The second-order valence-electron chi connectivity index (χ2n) is 4.22. The molecule has 0 aromatic carbocycles. The van der Waals surface area contributed by atoms with E-state index >= 15 is 0 Å². The predicted molar refractivity (Wildman–Crippen MR) is 72.2 cm³/mol. The number of nitrogens with one attached hydrogen (secondary N) is 1. The number of thiophene rings is 1. The normalized spacial score (nSPS) is 13.1. The van der Waals surface area contributed by atoms with Crippen LogP contribution in [0.1, 0.15) is 25.3 Å². The van der Waals surface area contributed by atoms with Crippen LogP contribution < -0.4 is 5.32 Å². The van der Waals surface area contributed by atoms with E-state index in [0.29, 0.717) is 6.54 Å². The molecule has 92 valence electrons. The molecule has 2 aromatic rings. The highest BCUT2D eigenvalue weighted by Gasteiger charge is 2.03. The molecule has 17 heavy (non-hydrogen) atoms. The third-order valence-corrected chi connectivity index (χ3v) is 3.54. The maximum absolute atomic E-state index is 9.59. The first-order chi connectivity index (χ1) is 8.29. The molecule has 2 N–H and O–H groups in total. The average Bonchev–Trinajstić information content (AvgIpc) is 2.76. The molecule has 2 aromatic heterocycles. The number of hydrogen-bond donors (Lipinski definition) is 2. The molecule has 1 atom stereocenters. The summed E-state index contributed by atoms with van der Waals surface area (Å²) in [5.41, 5.74) is 2.23. The number of rotatable bonds is 6. The molecule has 0 spiro atoms. The summed E-state index contributed by atoms with van der Waals surface area (Å²) in [4.78, 5) is 4.38. The highest BCUT2D eigenvalue weighted by molar-refractivity contribution is 7.17. The lowest BCUT2D eigenvalue weighted by Crippen LogP contribution is -2.26. The van der Waals surface area contributed by atoms with Crippen LogP contribution in [0.15, 0.2) is 23.7 Å². The summed E-state index contributed by atoms with van der Waals surface area (Å²) in [6.45, 7) is 3.50. The lowest BCUT2D eigenvalue weighted by atomic mass is 10.2. The van der Waals surface area contributed by atoms with E-state index in [-0.39, 0.29) is 6.10 Å². The van der Waals surface area contributed by atoms with Gasteiger partial charge in [0.1, 0.15) is 0 Å². The summed E-state index contributed by atoms with van der Waals surface area (Å²) >= 11 is 1.71. The SMILES string of the molecule is CCCC(O)CNCc1cnc2ccsc2c1. The maximum atomic E-state index is 9.59. The quantitative estimate of drug-likeness (QED) is 0.828. The van der Waals surface area contributed by atoms with E-state index in [0.717, 1.165) is 24.9 Å². The monoisotopic (exact) mass is 250 g/mol. The molecule has 2 rings (SSSR count). The first kappa shape index (κ1) is 12.5. The van der Waals surface area contributed by atoms with E-state index in [1.165, 1.54) is 10.3 Å². The molecule has 1 unspecified atom stereocenters. The van der Waals surface area contributed by atoms with Gasteiger partial charge in [0, 0.05) is 19.3 Å². The number of nitrogens with zero attached hydrogens (tertiary/aromatic N) is 1. The van der Waals surface area contributed by atoms with E-state index in [9.17, 15) is 5.11 Å². The van der Waals surface area contributed by atoms with E-state index in [1.54, 1.807) is 11.3 Å². The number of fused-ring (bicyclic) bond motifs is 1. The number of aliphatic hydroxyl groups is 1. The Balaban J connectivity index is 1.86. The predicted octanol–water partition coefficient (Wildman–Crippen LogP) is 2.55. The Morgan fingerprint density at radius 1 is 1.53 bits per heavy atom. The fourth-order valence-corrected chi connectivity index (χ4v) is 2.61. The van der Waals surface area contributed by atoms with E-state index in [4.69, 9.17) is 0 Å². The molecule has 0 radical (unpaired) electrons. The number of aliphatic hydroxyl groups excluding tert-OH is 1. The van der Waals surface area contributed by atoms with Gasteiger partial charge in [-0.1, -0.05) is 13.3 Å². The molecule has 0 aliphatic rings. The van der Waals surface area contributed by atoms with Crippen molar-refractivity contribution in [3.05, 3.63) is 29.3 Å². The van der Waals surface area contributed by atoms with Crippen LogP contribution in [-0.4, -0.2) is 22.7 Å². The maximum Gasteiger partial charge on any atom is 0.0809 e. The summed E-state index contributed by atoms with van der Waals surface area (Å²) in [6, 6.07) is 4.19. The highest BCUT2D eigenvalue weighted by atomic mass is 32.1. The average molecular weight is 250 g/mol. The van der Waals surface area contributed by atoms with Crippen molar-refractivity contribution in [3.8, 4) is 0 Å². The Bertz CT molecular complexity index is 469. The molecular formula is C13H18N2OS. The zero-order valence-electron chi connectivity index (χ0n) is 10.0. The fourth-order valence-electron chi connectivity index (χ4n) is 1.80. The zero-order valence-corrected chi connectivity index (χ0v) is 10.8. The minimum absolute atomic E-state index is 0.238. The molecule has 0 bridgehead atoms. The van der Waals surface area contributed by atoms with Crippen molar-refractivity contribution < 1.29 is 5.11 Å². The number of pyridine rings is 1. The zero-order chi connectivity index (χ0) is 12.1. The second-order valence-corrected chi connectivity index (χ2v) is 5.17. The molecule has 0 saturated heterocycles. The minimum Gasteiger partial charge on any atom is -0.392 e. The van der Waals surface area contributed by atoms with Crippen LogP contribution >= 0.6 is 11.3 Å². The first-order valence-electron chi connectivity index (χ1n) is 6.00. The molecule has 0 aliphatic carbocycles. The first-order valence-corrected chi connectivity index (χ1v) is 6.88. The Kier molecular flexibility index (Phi) is 4.48. The van der Waals surface area contributed by atoms with Crippen molar-refractivity contribution in [3.63, 3.8) is 0 Å².